The number of hydrogen-bond acceptors (Lipinski definition) is 9. The fourth-order valence-electron chi connectivity index (χ4n) is 4.90. The first-order valence-corrected chi connectivity index (χ1v) is 14.2. The van der Waals surface area contributed by atoms with Crippen molar-refractivity contribution in [2.75, 3.05) is 18.6 Å². The van der Waals surface area contributed by atoms with Gasteiger partial charge in [-0.3, -0.25) is 19.3 Å². The summed E-state index contributed by atoms with van der Waals surface area (Å²) >= 11 is 1.03. The number of anilines is 1. The molecule has 1 N–H and O–H groups in total. The lowest BCUT2D eigenvalue weighted by molar-refractivity contribution is -0.117. The zero-order chi connectivity index (χ0) is 29.3. The highest BCUT2D eigenvalue weighted by molar-refractivity contribution is 7.17. The average Bonchev–Trinajstić information content (AvgIpc) is 3.64. The van der Waals surface area contributed by atoms with E-state index in [0.717, 1.165) is 30.6 Å². The molecule has 0 bridgehead atoms. The van der Waals surface area contributed by atoms with Crippen LogP contribution in [0.15, 0.2) is 64.3 Å². The van der Waals surface area contributed by atoms with E-state index in [1.807, 2.05) is 6.07 Å². The van der Waals surface area contributed by atoms with Gasteiger partial charge in [0.05, 0.1) is 35.9 Å². The third kappa shape index (κ3) is 5.22. The van der Waals surface area contributed by atoms with Crippen molar-refractivity contribution in [2.45, 2.75) is 46.1 Å². The van der Waals surface area contributed by atoms with Crippen LogP contribution in [0.2, 0.25) is 0 Å². The van der Waals surface area contributed by atoms with Crippen molar-refractivity contribution in [3.8, 4) is 11.5 Å². The maximum Gasteiger partial charge on any atom is 0.296 e. The second-order valence-electron chi connectivity index (χ2n) is 9.75. The van der Waals surface area contributed by atoms with Crippen LogP contribution in [0.25, 0.3) is 11.0 Å². The number of furan rings is 1. The zero-order valence-electron chi connectivity index (χ0n) is 23.2. The Labute approximate surface area is 241 Å². The molecule has 5 rings (SSSR count). The number of aliphatic hydroxyl groups excluding tert-OH is 1. The summed E-state index contributed by atoms with van der Waals surface area (Å²) in [5.41, 5.74) is 1.28. The van der Waals surface area contributed by atoms with Crippen LogP contribution < -0.4 is 14.4 Å². The van der Waals surface area contributed by atoms with Gasteiger partial charge in [0.1, 0.15) is 5.58 Å². The Morgan fingerprint density at radius 3 is 2.59 bits per heavy atom. The van der Waals surface area contributed by atoms with E-state index < -0.39 is 23.5 Å². The molecular formula is C31H30N2O7S. The first-order valence-electron chi connectivity index (χ1n) is 13.3. The second kappa shape index (κ2) is 11.6. The summed E-state index contributed by atoms with van der Waals surface area (Å²) in [4.78, 5) is 45.8. The third-order valence-electron chi connectivity index (χ3n) is 6.92. The number of aliphatic hydroxyl groups is 1. The molecule has 0 radical (unpaired) electrons. The molecule has 0 unspecified atom stereocenters. The number of carbonyl (C=O) groups is 3. The highest BCUT2D eigenvalue weighted by Crippen LogP contribution is 2.45. The van der Waals surface area contributed by atoms with E-state index in [1.165, 1.54) is 18.9 Å². The van der Waals surface area contributed by atoms with E-state index in [-0.39, 0.29) is 22.2 Å². The number of carbonyl (C=O) groups excluding carboxylic acids is 3. The Bertz CT molecular complexity index is 1650. The van der Waals surface area contributed by atoms with Crippen LogP contribution in [0.4, 0.5) is 5.13 Å². The number of rotatable bonds is 11. The Kier molecular flexibility index (Phi) is 7.94. The van der Waals surface area contributed by atoms with Crippen LogP contribution in [-0.2, 0) is 4.79 Å². The minimum absolute atomic E-state index is 0.0185. The fourth-order valence-corrected chi connectivity index (χ4v) is 5.88. The number of unbranched alkanes of at least 4 members (excludes halogenated alkanes) is 2. The van der Waals surface area contributed by atoms with Crippen molar-refractivity contribution in [2.24, 2.45) is 0 Å². The van der Waals surface area contributed by atoms with Crippen molar-refractivity contribution >= 4 is 44.9 Å². The molecule has 2 aromatic heterocycles. The van der Waals surface area contributed by atoms with Gasteiger partial charge in [-0.15, -0.1) is 0 Å². The second-order valence-corrected chi connectivity index (χ2v) is 10.7. The fraction of sp³-hybridized carbons (Fsp3) is 0.290. The van der Waals surface area contributed by atoms with Crippen molar-refractivity contribution in [3.63, 3.8) is 0 Å². The lowest BCUT2D eigenvalue weighted by Gasteiger charge is -2.25. The number of ketones is 2. The predicted octanol–water partition coefficient (Wildman–Crippen LogP) is 6.76. The van der Waals surface area contributed by atoms with Crippen molar-refractivity contribution < 1.29 is 33.4 Å². The molecule has 0 saturated heterocycles. The molecule has 1 aliphatic heterocycles. The Balaban J connectivity index is 1.61. The summed E-state index contributed by atoms with van der Waals surface area (Å²) in [7, 11) is 1.51. The van der Waals surface area contributed by atoms with Crippen LogP contribution in [0.5, 0.6) is 11.5 Å². The number of aromatic nitrogens is 1. The minimum Gasteiger partial charge on any atom is -0.503 e. The molecule has 4 aromatic rings. The summed E-state index contributed by atoms with van der Waals surface area (Å²) < 4.78 is 17.3. The molecule has 0 aliphatic carbocycles. The van der Waals surface area contributed by atoms with Gasteiger partial charge in [-0.05, 0) is 43.2 Å². The summed E-state index contributed by atoms with van der Waals surface area (Å²) in [6.07, 6.45) is 2.98. The highest BCUT2D eigenvalue weighted by atomic mass is 32.1. The molecule has 10 heteroatoms. The van der Waals surface area contributed by atoms with Crippen LogP contribution in [0.3, 0.4) is 0 Å². The molecule has 9 nitrogen and oxygen atoms in total. The van der Waals surface area contributed by atoms with Crippen LogP contribution in [0, 0.1) is 6.92 Å². The van der Waals surface area contributed by atoms with Gasteiger partial charge in [-0.2, -0.15) is 0 Å². The van der Waals surface area contributed by atoms with Crippen molar-refractivity contribution in [1.29, 1.82) is 0 Å². The van der Waals surface area contributed by atoms with Gasteiger partial charge in [0.2, 0.25) is 5.78 Å². The molecule has 3 heterocycles. The number of para-hydroxylation sites is 1. The molecular weight excluding hydrogens is 544 g/mol. The lowest BCUT2D eigenvalue weighted by atomic mass is 9.95. The van der Waals surface area contributed by atoms with E-state index in [4.69, 9.17) is 13.9 Å². The smallest absolute Gasteiger partial charge is 0.296 e. The maximum atomic E-state index is 13.9. The molecule has 1 amide bonds. The zero-order valence-corrected chi connectivity index (χ0v) is 24.0. The van der Waals surface area contributed by atoms with Gasteiger partial charge in [-0.25, -0.2) is 4.98 Å². The van der Waals surface area contributed by atoms with Crippen molar-refractivity contribution in [1.82, 2.24) is 4.98 Å². The highest BCUT2D eigenvalue weighted by Gasteiger charge is 2.47. The summed E-state index contributed by atoms with van der Waals surface area (Å²) in [5.74, 6) is -1.45. The van der Waals surface area contributed by atoms with Crippen LogP contribution in [0.1, 0.15) is 70.6 Å². The topological polar surface area (TPSA) is 119 Å². The predicted molar refractivity (Wildman–Crippen MR) is 155 cm³/mol. The molecule has 41 heavy (non-hydrogen) atoms. The third-order valence-corrected chi connectivity index (χ3v) is 8.18. The first kappa shape index (κ1) is 28.1. The van der Waals surface area contributed by atoms with E-state index in [0.29, 0.717) is 45.2 Å². The summed E-state index contributed by atoms with van der Waals surface area (Å²) in [5, 5.41) is 12.0. The van der Waals surface area contributed by atoms with Gasteiger partial charge in [0.25, 0.3) is 5.91 Å². The largest absolute Gasteiger partial charge is 0.503 e. The molecule has 0 saturated carbocycles. The van der Waals surface area contributed by atoms with Gasteiger partial charge in [0, 0.05) is 12.3 Å². The normalized spacial score (nSPS) is 15.2. The van der Waals surface area contributed by atoms with E-state index in [9.17, 15) is 19.5 Å². The first-order chi connectivity index (χ1) is 19.7. The van der Waals surface area contributed by atoms with Gasteiger partial charge < -0.3 is 19.0 Å². The number of Topliss-reactive ketones (excluding diaryl/α,β-unsaturated/α-hetero) is 2. The number of nitrogens with zero attached hydrogens (tertiary/aromatic N) is 2. The van der Waals surface area contributed by atoms with Crippen LogP contribution >= 0.6 is 11.3 Å². The lowest BCUT2D eigenvalue weighted by Crippen LogP contribution is -2.31. The summed E-state index contributed by atoms with van der Waals surface area (Å²) in [6.45, 7) is 5.72. The number of amides is 1. The van der Waals surface area contributed by atoms with Crippen LogP contribution in [-0.4, -0.2) is 41.3 Å². The number of benzene rings is 2. The average molecular weight is 575 g/mol. The maximum absolute atomic E-state index is 13.9. The Hall–Kier alpha value is -4.44. The van der Waals surface area contributed by atoms with E-state index >= 15 is 0 Å². The number of ether oxygens (including phenoxy) is 2. The van der Waals surface area contributed by atoms with E-state index in [2.05, 4.69) is 11.9 Å². The number of hydrogen-bond donors (Lipinski definition) is 1. The van der Waals surface area contributed by atoms with Gasteiger partial charge >= 0.3 is 0 Å². The molecule has 212 valence electrons. The SMILES string of the molecule is CCCCCOc1ccc([C@@H]2C(C(=O)c3cc4ccccc4o3)=C(O)C(=O)N2c2nc(C)c(C(C)=O)s2)cc1OC. The standard InChI is InChI=1S/C31H30N2O7S/c1-5-6-9-14-39-22-13-12-20(16-23(22)38-4)26-25(27(35)24-15-19-10-7-8-11-21(19)40-24)28(36)30(37)33(26)31-32-17(2)29(41-31)18(3)34/h7-8,10-13,15-16,26,36H,5-6,9,14H2,1-4H3/t26-/m1/s1. The Morgan fingerprint density at radius 1 is 1.12 bits per heavy atom. The number of methoxy groups -OCH3 is 1. The molecule has 0 fully saturated rings. The minimum atomic E-state index is -1.07. The Morgan fingerprint density at radius 2 is 1.90 bits per heavy atom. The van der Waals surface area contributed by atoms with Gasteiger partial charge in [0.15, 0.2) is 33.9 Å². The molecule has 2 aromatic carbocycles. The van der Waals surface area contributed by atoms with Gasteiger partial charge in [-0.1, -0.05) is 55.4 Å². The quantitative estimate of drug-likeness (QED) is 0.154. The number of aryl methyl sites for hydroxylation is 1. The molecule has 1 aliphatic rings. The number of thiazole rings is 1. The van der Waals surface area contributed by atoms with E-state index in [1.54, 1.807) is 49.4 Å². The molecule has 0 spiro atoms. The number of fused-ring (bicyclic) bond motifs is 1. The van der Waals surface area contributed by atoms with Crippen molar-refractivity contribution in [3.05, 3.63) is 81.8 Å². The molecule has 1 atom stereocenters. The monoisotopic (exact) mass is 574 g/mol. The summed E-state index contributed by atoms with van der Waals surface area (Å²) in [6, 6.07) is 12.8.